The van der Waals surface area contributed by atoms with E-state index in [0.717, 1.165) is 27.7 Å². The molecule has 1 amide bonds. The van der Waals surface area contributed by atoms with E-state index < -0.39 is 42.9 Å². The van der Waals surface area contributed by atoms with Crippen LogP contribution in [0.5, 0.6) is 0 Å². The maximum absolute atomic E-state index is 13.3. The Kier molecular flexibility index (Phi) is 7.51. The Morgan fingerprint density at radius 3 is 2.53 bits per heavy atom. The highest BCUT2D eigenvalue weighted by molar-refractivity contribution is 5.94. The number of benzene rings is 2. The van der Waals surface area contributed by atoms with Gasteiger partial charge in [0.2, 0.25) is 0 Å². The summed E-state index contributed by atoms with van der Waals surface area (Å²) < 4.78 is 1.17. The summed E-state index contributed by atoms with van der Waals surface area (Å²) in [5.74, 6) is -0.657. The highest BCUT2D eigenvalue weighted by Crippen LogP contribution is 2.18. The molecule has 0 aliphatic heterocycles. The number of aromatic nitrogens is 3. The molecule has 190 valence electrons. The monoisotopic (exact) mass is 494 g/mol. The van der Waals surface area contributed by atoms with Crippen LogP contribution in [-0.4, -0.2) is 72.3 Å². The number of aliphatic hydroxyl groups is 4. The van der Waals surface area contributed by atoms with Gasteiger partial charge < -0.3 is 35.3 Å². The van der Waals surface area contributed by atoms with Gasteiger partial charge in [-0.15, -0.1) is 0 Å². The molecule has 3 unspecified atom stereocenters. The molecule has 2 aromatic carbocycles. The molecule has 36 heavy (non-hydrogen) atoms. The minimum atomic E-state index is -1.69. The number of amides is 1. The summed E-state index contributed by atoms with van der Waals surface area (Å²) in [5.41, 5.74) is 3.39. The topological polar surface area (TPSA) is 161 Å². The molecule has 0 fully saturated rings. The van der Waals surface area contributed by atoms with Crippen LogP contribution >= 0.6 is 0 Å². The van der Waals surface area contributed by atoms with Crippen LogP contribution in [0.3, 0.4) is 0 Å². The third-order valence-corrected chi connectivity index (χ3v) is 6.39. The molecule has 4 aromatic rings. The number of hydrogen-bond acceptors (Lipinski definition) is 7. The molecule has 0 bridgehead atoms. The maximum Gasteiger partial charge on any atom is 0.282 e. The molecule has 0 aliphatic carbocycles. The molecular weight excluding hydrogens is 464 g/mol. The summed E-state index contributed by atoms with van der Waals surface area (Å²) in [6, 6.07) is 13.3. The number of nitrogens with one attached hydrogen (secondary N) is 2. The summed E-state index contributed by atoms with van der Waals surface area (Å²) in [6.45, 7) is 2.83. The highest BCUT2D eigenvalue weighted by atomic mass is 16.4. The van der Waals surface area contributed by atoms with E-state index in [4.69, 9.17) is 5.11 Å². The van der Waals surface area contributed by atoms with E-state index in [1.807, 2.05) is 44.2 Å². The lowest BCUT2D eigenvalue weighted by Crippen LogP contribution is -2.44. The van der Waals surface area contributed by atoms with Crippen molar-refractivity contribution in [2.75, 3.05) is 13.2 Å². The quantitative estimate of drug-likeness (QED) is 0.198. The number of rotatable bonds is 9. The third-order valence-electron chi connectivity index (χ3n) is 6.39. The molecule has 0 spiro atoms. The summed E-state index contributed by atoms with van der Waals surface area (Å²) in [5, 5.41) is 43.1. The van der Waals surface area contributed by atoms with Gasteiger partial charge >= 0.3 is 0 Å². The number of fused-ring (bicyclic) bond motifs is 2. The lowest BCUT2D eigenvalue weighted by atomic mass is 10.1. The van der Waals surface area contributed by atoms with Crippen LogP contribution in [0.2, 0.25) is 0 Å². The van der Waals surface area contributed by atoms with Crippen LogP contribution in [0.15, 0.2) is 47.3 Å². The van der Waals surface area contributed by atoms with E-state index in [1.165, 1.54) is 4.57 Å². The Bertz CT molecular complexity index is 1430. The smallest absolute Gasteiger partial charge is 0.282 e. The zero-order valence-electron chi connectivity index (χ0n) is 20.1. The van der Waals surface area contributed by atoms with Gasteiger partial charge in [-0.25, -0.2) is 4.98 Å². The minimum absolute atomic E-state index is 0.266. The second-order valence-corrected chi connectivity index (χ2v) is 9.00. The fourth-order valence-corrected chi connectivity index (χ4v) is 4.15. The normalized spacial score (nSPS) is 14.2. The molecule has 10 heteroatoms. The summed E-state index contributed by atoms with van der Waals surface area (Å²) in [4.78, 5) is 33.9. The molecule has 2 aromatic heterocycles. The van der Waals surface area contributed by atoms with Crippen molar-refractivity contribution < 1.29 is 25.2 Å². The predicted molar refractivity (Wildman–Crippen MR) is 135 cm³/mol. The first-order valence-corrected chi connectivity index (χ1v) is 11.7. The molecule has 0 aliphatic rings. The molecule has 0 saturated carbocycles. The van der Waals surface area contributed by atoms with Gasteiger partial charge in [0.25, 0.3) is 11.5 Å². The van der Waals surface area contributed by atoms with Crippen molar-refractivity contribution >= 4 is 27.8 Å². The Balaban J connectivity index is 1.61. The van der Waals surface area contributed by atoms with Crippen molar-refractivity contribution in [2.24, 2.45) is 0 Å². The van der Waals surface area contributed by atoms with Crippen molar-refractivity contribution in [1.29, 1.82) is 0 Å². The maximum atomic E-state index is 13.3. The van der Waals surface area contributed by atoms with Crippen molar-refractivity contribution in [3.63, 3.8) is 0 Å². The van der Waals surface area contributed by atoms with Crippen molar-refractivity contribution in [3.8, 4) is 0 Å². The number of aromatic amines is 1. The van der Waals surface area contributed by atoms with Crippen LogP contribution in [-0.2, 0) is 13.0 Å². The summed E-state index contributed by atoms with van der Waals surface area (Å²) in [7, 11) is 0. The summed E-state index contributed by atoms with van der Waals surface area (Å²) in [6.07, 6.45) is -4.33. The van der Waals surface area contributed by atoms with Crippen LogP contribution in [0, 0.1) is 13.8 Å². The fourth-order valence-electron chi connectivity index (χ4n) is 4.15. The second-order valence-electron chi connectivity index (χ2n) is 9.00. The predicted octanol–water partition coefficient (Wildman–Crippen LogP) is 0.542. The van der Waals surface area contributed by atoms with E-state index in [-0.39, 0.29) is 12.2 Å². The van der Waals surface area contributed by atoms with Crippen LogP contribution < -0.4 is 10.9 Å². The molecule has 0 saturated heterocycles. The van der Waals surface area contributed by atoms with E-state index in [9.17, 15) is 24.9 Å². The zero-order chi connectivity index (χ0) is 26.0. The Morgan fingerprint density at radius 1 is 1.08 bits per heavy atom. The first-order valence-electron chi connectivity index (χ1n) is 11.7. The van der Waals surface area contributed by atoms with E-state index in [2.05, 4.69) is 15.3 Å². The van der Waals surface area contributed by atoms with Gasteiger partial charge in [-0.1, -0.05) is 18.2 Å². The number of H-pyrrole nitrogens is 1. The van der Waals surface area contributed by atoms with Crippen molar-refractivity contribution in [2.45, 2.75) is 45.1 Å². The highest BCUT2D eigenvalue weighted by Gasteiger charge is 2.27. The van der Waals surface area contributed by atoms with Crippen LogP contribution in [0.25, 0.3) is 21.9 Å². The van der Waals surface area contributed by atoms with Crippen molar-refractivity contribution in [1.82, 2.24) is 19.9 Å². The number of hydrogen-bond donors (Lipinski definition) is 6. The Labute approximate surface area is 206 Å². The molecule has 0 radical (unpaired) electrons. The zero-order valence-corrected chi connectivity index (χ0v) is 20.1. The SMILES string of the molecule is Cc1cc2nc(C(=O)NCCc3cc4ccccc4[nH]3)c(=O)n(CC(O)C(O)C(O)CO)c2cc1C. The number of para-hydroxylation sites is 1. The molecular formula is C26H30N4O6. The van der Waals surface area contributed by atoms with E-state index in [1.54, 1.807) is 12.1 Å². The molecule has 6 N–H and O–H groups in total. The molecule has 4 rings (SSSR count). The average molecular weight is 495 g/mol. The first kappa shape index (κ1) is 25.5. The Morgan fingerprint density at radius 2 is 1.81 bits per heavy atom. The van der Waals surface area contributed by atoms with Crippen LogP contribution in [0.1, 0.15) is 27.3 Å². The number of aryl methyl sites for hydroxylation is 2. The van der Waals surface area contributed by atoms with Gasteiger partial charge in [0.1, 0.15) is 18.3 Å². The third kappa shape index (κ3) is 5.17. The first-order chi connectivity index (χ1) is 17.2. The van der Waals surface area contributed by atoms with Gasteiger partial charge in [0, 0.05) is 24.2 Å². The van der Waals surface area contributed by atoms with Gasteiger partial charge in [0.05, 0.1) is 24.2 Å². The van der Waals surface area contributed by atoms with Gasteiger partial charge in [0.15, 0.2) is 5.69 Å². The Hall–Kier alpha value is -3.57. The molecule has 3 atom stereocenters. The van der Waals surface area contributed by atoms with E-state index in [0.29, 0.717) is 17.5 Å². The minimum Gasteiger partial charge on any atom is -0.394 e. The van der Waals surface area contributed by atoms with Gasteiger partial charge in [-0.3, -0.25) is 9.59 Å². The largest absolute Gasteiger partial charge is 0.394 e. The van der Waals surface area contributed by atoms with E-state index >= 15 is 0 Å². The lowest BCUT2D eigenvalue weighted by molar-refractivity contribution is -0.0805. The molecule has 10 nitrogen and oxygen atoms in total. The fraction of sp³-hybridized carbons (Fsp3) is 0.346. The van der Waals surface area contributed by atoms with Gasteiger partial charge in [-0.05, 0) is 54.6 Å². The number of carbonyl (C=O) groups excluding carboxylic acids is 1. The standard InChI is InChI=1S/C26H30N4O6/c1-14-9-19-20(10-15(14)2)30(12-21(32)24(34)22(33)13-31)26(36)23(29-19)25(35)27-8-7-17-11-16-5-3-4-6-18(16)28-17/h3-6,9-11,21-22,24,28,31-34H,7-8,12-13H2,1-2H3,(H,27,35). The average Bonchev–Trinajstić information content (AvgIpc) is 3.28. The lowest BCUT2D eigenvalue weighted by Gasteiger charge is -2.23. The number of aliphatic hydroxyl groups excluding tert-OH is 4. The number of nitrogens with zero attached hydrogens (tertiary/aromatic N) is 2. The molecule has 2 heterocycles. The summed E-state index contributed by atoms with van der Waals surface area (Å²) >= 11 is 0. The number of carbonyl (C=O) groups is 1. The second kappa shape index (κ2) is 10.6. The van der Waals surface area contributed by atoms with Crippen molar-refractivity contribution in [3.05, 3.63) is 75.3 Å². The van der Waals surface area contributed by atoms with Gasteiger partial charge in [-0.2, -0.15) is 0 Å². The van der Waals surface area contributed by atoms with Crippen LogP contribution in [0.4, 0.5) is 0 Å².